The number of carbonyl (C=O) groups is 1. The van der Waals surface area contributed by atoms with E-state index in [0.29, 0.717) is 0 Å². The summed E-state index contributed by atoms with van der Waals surface area (Å²) in [6.45, 7) is 12.8. The van der Waals surface area contributed by atoms with Gasteiger partial charge < -0.3 is 0 Å². The minimum absolute atomic E-state index is 0.101. The van der Waals surface area contributed by atoms with Gasteiger partial charge in [0.15, 0.2) is 5.41 Å². The summed E-state index contributed by atoms with van der Waals surface area (Å²) in [6.07, 6.45) is 3.09. The van der Waals surface area contributed by atoms with Gasteiger partial charge in [-0.05, 0) is 17.4 Å². The van der Waals surface area contributed by atoms with Gasteiger partial charge >= 0.3 is 0 Å². The lowest BCUT2D eigenvalue weighted by molar-refractivity contribution is -0.108. The molecule has 0 aliphatic carbocycles. The third-order valence-electron chi connectivity index (χ3n) is 3.30. The van der Waals surface area contributed by atoms with Crippen molar-refractivity contribution in [1.82, 2.24) is 0 Å². The van der Waals surface area contributed by atoms with E-state index in [1.165, 1.54) is 0 Å². The van der Waals surface area contributed by atoms with Crippen molar-refractivity contribution in [2.75, 3.05) is 0 Å². The van der Waals surface area contributed by atoms with Crippen molar-refractivity contribution < 1.29 is 4.79 Å². The topological polar surface area (TPSA) is 17.1 Å². The number of hydrogen-bond acceptors (Lipinski definition) is 1. The Morgan fingerprint density at radius 2 is 1.80 bits per heavy atom. The van der Waals surface area contributed by atoms with Crippen LogP contribution in [0.5, 0.6) is 0 Å². The van der Waals surface area contributed by atoms with E-state index in [2.05, 4.69) is 52.6 Å². The Bertz CT molecular complexity index is 273. The van der Waals surface area contributed by atoms with Gasteiger partial charge in [0.05, 0.1) is 0 Å². The van der Waals surface area contributed by atoms with Crippen molar-refractivity contribution >= 4 is 13.5 Å². The predicted octanol–water partition coefficient (Wildman–Crippen LogP) is 3.80. The molecule has 0 saturated heterocycles. The maximum Gasteiger partial charge on any atom is 0.180 e. The SMILES string of the molecule is CCCCC#CC(=O)[Si](C)(C)C(C)(C)C. The molecule has 0 spiro atoms. The van der Waals surface area contributed by atoms with Crippen molar-refractivity contribution in [3.05, 3.63) is 0 Å². The first-order valence-corrected chi connectivity index (χ1v) is 8.76. The van der Waals surface area contributed by atoms with E-state index in [-0.39, 0.29) is 10.4 Å². The van der Waals surface area contributed by atoms with Crippen molar-refractivity contribution in [3.63, 3.8) is 0 Å². The molecule has 0 atom stereocenters. The summed E-state index contributed by atoms with van der Waals surface area (Å²) in [7, 11) is -1.88. The molecule has 1 nitrogen and oxygen atoms in total. The summed E-state index contributed by atoms with van der Waals surface area (Å²) >= 11 is 0. The molecule has 2 heteroatoms. The second kappa shape index (κ2) is 5.51. The van der Waals surface area contributed by atoms with Gasteiger partial charge in [0.2, 0.25) is 0 Å². The highest BCUT2D eigenvalue weighted by Gasteiger charge is 2.41. The highest BCUT2D eigenvalue weighted by Crippen LogP contribution is 2.36. The fourth-order valence-electron chi connectivity index (χ4n) is 0.905. The van der Waals surface area contributed by atoms with Crippen molar-refractivity contribution in [3.8, 4) is 11.8 Å². The van der Waals surface area contributed by atoms with Crippen LogP contribution >= 0.6 is 0 Å². The fourth-order valence-corrected chi connectivity index (χ4v) is 1.99. The van der Waals surface area contributed by atoms with Crippen molar-refractivity contribution in [2.45, 2.75) is 65.1 Å². The fraction of sp³-hybridized carbons (Fsp3) is 0.769. The van der Waals surface area contributed by atoms with Crippen LogP contribution in [0.1, 0.15) is 47.0 Å². The van der Waals surface area contributed by atoms with Gasteiger partial charge in [0.1, 0.15) is 8.07 Å². The van der Waals surface area contributed by atoms with Crippen LogP contribution in [0, 0.1) is 11.8 Å². The minimum Gasteiger partial charge on any atom is -0.291 e. The van der Waals surface area contributed by atoms with E-state index >= 15 is 0 Å². The molecule has 0 saturated carbocycles. The highest BCUT2D eigenvalue weighted by molar-refractivity contribution is 7.08. The lowest BCUT2D eigenvalue weighted by Gasteiger charge is -2.33. The van der Waals surface area contributed by atoms with Crippen LogP contribution in [0.3, 0.4) is 0 Å². The second-order valence-electron chi connectivity index (χ2n) is 5.61. The van der Waals surface area contributed by atoms with Gasteiger partial charge in [-0.2, -0.15) is 0 Å². The average molecular weight is 224 g/mol. The number of rotatable bonds is 3. The largest absolute Gasteiger partial charge is 0.291 e. The first-order valence-electron chi connectivity index (χ1n) is 5.76. The summed E-state index contributed by atoms with van der Waals surface area (Å²) in [6, 6.07) is 0. The lowest BCUT2D eigenvalue weighted by Crippen LogP contribution is -2.45. The highest BCUT2D eigenvalue weighted by atomic mass is 28.3. The molecule has 0 aromatic carbocycles. The average Bonchev–Trinajstić information content (AvgIpc) is 2.10. The molecule has 0 aliphatic heterocycles. The van der Waals surface area contributed by atoms with E-state index in [9.17, 15) is 4.79 Å². The normalized spacial score (nSPS) is 11.9. The molecule has 86 valence electrons. The number of unbranched alkanes of at least 4 members (excludes halogenated alkanes) is 2. The Morgan fingerprint density at radius 1 is 1.27 bits per heavy atom. The van der Waals surface area contributed by atoms with Gasteiger partial charge in [0.25, 0.3) is 0 Å². The monoisotopic (exact) mass is 224 g/mol. The van der Waals surface area contributed by atoms with E-state index in [1.807, 2.05) is 0 Å². The summed E-state index contributed by atoms with van der Waals surface area (Å²) in [5.74, 6) is 5.84. The standard InChI is InChI=1S/C13H24OSi/c1-7-8-9-10-11-12(14)15(5,6)13(2,3)4/h7-9H2,1-6H3. The molecule has 0 aromatic heterocycles. The molecule has 0 unspecified atom stereocenters. The quantitative estimate of drug-likeness (QED) is 0.405. The molecule has 0 aliphatic rings. The van der Waals surface area contributed by atoms with Crippen LogP contribution in [0.15, 0.2) is 0 Å². The van der Waals surface area contributed by atoms with E-state index in [1.54, 1.807) is 0 Å². The molecule has 0 radical (unpaired) electrons. The van der Waals surface area contributed by atoms with E-state index in [4.69, 9.17) is 0 Å². The maximum atomic E-state index is 12.0. The summed E-state index contributed by atoms with van der Waals surface area (Å²) in [5.41, 5.74) is 0. The van der Waals surface area contributed by atoms with Crippen LogP contribution < -0.4 is 0 Å². The Balaban J connectivity index is 4.49. The van der Waals surface area contributed by atoms with Gasteiger partial charge in [-0.25, -0.2) is 0 Å². The summed E-state index contributed by atoms with van der Waals surface area (Å²) in [4.78, 5) is 12.0. The molecule has 0 bridgehead atoms. The summed E-state index contributed by atoms with van der Waals surface area (Å²) < 4.78 is 0. The Hall–Kier alpha value is -0.553. The molecule has 15 heavy (non-hydrogen) atoms. The minimum atomic E-state index is -1.88. The second-order valence-corrected chi connectivity index (χ2v) is 10.8. The smallest absolute Gasteiger partial charge is 0.180 e. The molecule has 0 N–H and O–H groups in total. The molecule has 0 amide bonds. The Kier molecular flexibility index (Phi) is 5.31. The zero-order chi connectivity index (χ0) is 12.1. The van der Waals surface area contributed by atoms with Crippen molar-refractivity contribution in [1.29, 1.82) is 0 Å². The van der Waals surface area contributed by atoms with Crippen LogP contribution in [0.4, 0.5) is 0 Å². The Labute approximate surface area is 95.7 Å². The first kappa shape index (κ1) is 14.4. The molecule has 0 aromatic rings. The predicted molar refractivity (Wildman–Crippen MR) is 69.5 cm³/mol. The van der Waals surface area contributed by atoms with Crippen molar-refractivity contribution in [2.24, 2.45) is 0 Å². The van der Waals surface area contributed by atoms with Crippen LogP contribution in [0.25, 0.3) is 0 Å². The maximum absolute atomic E-state index is 12.0. The van der Waals surface area contributed by atoms with Gasteiger partial charge in [-0.15, -0.1) is 0 Å². The van der Waals surface area contributed by atoms with Crippen LogP contribution in [-0.2, 0) is 4.79 Å². The van der Waals surface area contributed by atoms with Gasteiger partial charge in [0, 0.05) is 6.42 Å². The summed E-state index contributed by atoms with van der Waals surface area (Å²) in [5, 5.41) is 0.301. The number of hydrogen-bond donors (Lipinski definition) is 0. The molecule has 0 rings (SSSR count). The van der Waals surface area contributed by atoms with E-state index < -0.39 is 8.07 Å². The van der Waals surface area contributed by atoms with Gasteiger partial charge in [-0.1, -0.05) is 53.1 Å². The molecular weight excluding hydrogens is 200 g/mol. The van der Waals surface area contributed by atoms with Crippen LogP contribution in [-0.4, -0.2) is 13.5 Å². The zero-order valence-electron chi connectivity index (χ0n) is 11.0. The first-order chi connectivity index (χ1) is 6.73. The third-order valence-corrected chi connectivity index (χ3v) is 8.31. The lowest BCUT2D eigenvalue weighted by atomic mass is 10.2. The number of carbonyl (C=O) groups excluding carboxylic acids is 1. The van der Waals surface area contributed by atoms with E-state index in [0.717, 1.165) is 19.3 Å². The Morgan fingerprint density at radius 3 is 2.20 bits per heavy atom. The molecule has 0 fully saturated rings. The zero-order valence-corrected chi connectivity index (χ0v) is 12.0. The molecule has 0 heterocycles. The van der Waals surface area contributed by atoms with Gasteiger partial charge in [-0.3, -0.25) is 4.79 Å². The molecular formula is C13H24OSi. The van der Waals surface area contributed by atoms with Crippen LogP contribution in [0.2, 0.25) is 18.1 Å². The third kappa shape index (κ3) is 4.21.